The molecule has 0 fully saturated rings. The van der Waals surface area contributed by atoms with E-state index in [1.54, 1.807) is 4.57 Å². The zero-order valence-electron chi connectivity index (χ0n) is 19.3. The molecule has 3 aromatic rings. The highest BCUT2D eigenvalue weighted by atomic mass is 16.2. The number of rotatable bonds is 8. The van der Waals surface area contributed by atoms with Crippen LogP contribution < -0.4 is 5.56 Å². The molecule has 5 heteroatoms. The van der Waals surface area contributed by atoms with Gasteiger partial charge in [-0.2, -0.15) is 0 Å². The summed E-state index contributed by atoms with van der Waals surface area (Å²) in [6.07, 6.45) is 1.82. The van der Waals surface area contributed by atoms with Crippen molar-refractivity contribution in [2.75, 3.05) is 6.54 Å². The fourth-order valence-corrected chi connectivity index (χ4v) is 3.87. The van der Waals surface area contributed by atoms with Crippen LogP contribution in [-0.4, -0.2) is 26.9 Å². The fourth-order valence-electron chi connectivity index (χ4n) is 3.87. The summed E-state index contributed by atoms with van der Waals surface area (Å²) >= 11 is 0. The third-order valence-electron chi connectivity index (χ3n) is 5.87. The third-order valence-corrected chi connectivity index (χ3v) is 5.87. The first-order chi connectivity index (χ1) is 14.9. The van der Waals surface area contributed by atoms with Crippen molar-refractivity contribution >= 4 is 16.8 Å². The molecule has 0 N–H and O–H groups in total. The van der Waals surface area contributed by atoms with Crippen LogP contribution >= 0.6 is 0 Å². The maximum absolute atomic E-state index is 13.5. The minimum absolute atomic E-state index is 0.0270. The molecule has 0 radical (unpaired) electrons. The Labute approximate surface area is 184 Å². The summed E-state index contributed by atoms with van der Waals surface area (Å²) in [5.74, 6) is 1.07. The molecule has 3 rings (SSSR count). The Bertz CT molecular complexity index is 1100. The smallest absolute Gasteiger partial charge is 0.261 e. The molecule has 0 bridgehead atoms. The van der Waals surface area contributed by atoms with E-state index in [1.807, 2.05) is 67.3 Å². The molecule has 0 aliphatic rings. The SMILES string of the molecule is CCc1ccc(C(=O)N(CCC(C)C)C(C)c2nc3ccccc3c(=O)n2CC)cc1. The summed E-state index contributed by atoms with van der Waals surface area (Å²) in [7, 11) is 0. The zero-order chi connectivity index (χ0) is 22.5. The number of hydrogen-bond donors (Lipinski definition) is 0. The van der Waals surface area contributed by atoms with Crippen molar-refractivity contribution in [1.82, 2.24) is 14.5 Å². The van der Waals surface area contributed by atoms with Crippen molar-refractivity contribution < 1.29 is 4.79 Å². The molecule has 0 aliphatic heterocycles. The van der Waals surface area contributed by atoms with E-state index in [4.69, 9.17) is 4.98 Å². The number of aromatic nitrogens is 2. The first-order valence-corrected chi connectivity index (χ1v) is 11.3. The van der Waals surface area contributed by atoms with Gasteiger partial charge in [-0.3, -0.25) is 14.2 Å². The minimum atomic E-state index is -0.325. The molecule has 1 heterocycles. The standard InChI is InChI=1S/C26H33N3O2/c1-6-20-12-14-21(15-13-20)25(30)29(17-16-18(3)4)19(5)24-27-23-11-9-8-10-22(23)26(31)28(24)7-2/h8-15,18-19H,6-7,16-17H2,1-5H3. The van der Waals surface area contributed by atoms with Gasteiger partial charge in [-0.1, -0.05) is 45.0 Å². The van der Waals surface area contributed by atoms with Gasteiger partial charge < -0.3 is 4.90 Å². The van der Waals surface area contributed by atoms with Crippen LogP contribution in [0.3, 0.4) is 0 Å². The molecule has 31 heavy (non-hydrogen) atoms. The molecule has 1 unspecified atom stereocenters. The lowest BCUT2D eigenvalue weighted by Crippen LogP contribution is -2.38. The molecule has 1 amide bonds. The Balaban J connectivity index is 2.06. The lowest BCUT2D eigenvalue weighted by atomic mass is 10.1. The second-order valence-electron chi connectivity index (χ2n) is 8.44. The Morgan fingerprint density at radius 3 is 2.32 bits per heavy atom. The van der Waals surface area contributed by atoms with Crippen molar-refractivity contribution in [2.45, 2.75) is 60.0 Å². The van der Waals surface area contributed by atoms with E-state index in [2.05, 4.69) is 20.8 Å². The van der Waals surface area contributed by atoms with Gasteiger partial charge in [-0.15, -0.1) is 0 Å². The molecular formula is C26H33N3O2. The Morgan fingerprint density at radius 1 is 1.03 bits per heavy atom. The Kier molecular flexibility index (Phi) is 7.26. The van der Waals surface area contributed by atoms with Crippen molar-refractivity contribution in [2.24, 2.45) is 5.92 Å². The van der Waals surface area contributed by atoms with Gasteiger partial charge in [0.05, 0.1) is 16.9 Å². The van der Waals surface area contributed by atoms with Gasteiger partial charge in [-0.25, -0.2) is 4.98 Å². The van der Waals surface area contributed by atoms with E-state index >= 15 is 0 Å². The first-order valence-electron chi connectivity index (χ1n) is 11.3. The average Bonchev–Trinajstić information content (AvgIpc) is 2.78. The van der Waals surface area contributed by atoms with Gasteiger partial charge in [0.1, 0.15) is 5.82 Å². The normalized spacial score (nSPS) is 12.3. The average molecular weight is 420 g/mol. The van der Waals surface area contributed by atoms with E-state index in [0.29, 0.717) is 41.3 Å². The minimum Gasteiger partial charge on any atom is -0.329 e. The van der Waals surface area contributed by atoms with Crippen molar-refractivity contribution in [1.29, 1.82) is 0 Å². The number of para-hydroxylation sites is 1. The summed E-state index contributed by atoms with van der Waals surface area (Å²) in [6, 6.07) is 14.9. The number of carbonyl (C=O) groups excluding carboxylic acids is 1. The topological polar surface area (TPSA) is 55.2 Å². The van der Waals surface area contributed by atoms with E-state index in [-0.39, 0.29) is 17.5 Å². The first kappa shape index (κ1) is 22.7. The molecule has 0 spiro atoms. The number of nitrogens with zero attached hydrogens (tertiary/aromatic N) is 3. The predicted molar refractivity (Wildman–Crippen MR) is 126 cm³/mol. The van der Waals surface area contributed by atoms with Gasteiger partial charge in [0, 0.05) is 18.7 Å². The summed E-state index contributed by atoms with van der Waals surface area (Å²) < 4.78 is 1.70. The van der Waals surface area contributed by atoms with E-state index in [0.717, 1.165) is 12.8 Å². The molecule has 2 aromatic carbocycles. The highest BCUT2D eigenvalue weighted by Gasteiger charge is 2.27. The van der Waals surface area contributed by atoms with Crippen molar-refractivity contribution in [3.8, 4) is 0 Å². The molecule has 1 atom stereocenters. The summed E-state index contributed by atoms with van der Waals surface area (Å²) in [6.45, 7) is 11.4. The third kappa shape index (κ3) is 4.87. The molecular weight excluding hydrogens is 386 g/mol. The van der Waals surface area contributed by atoms with Crippen LogP contribution in [0, 0.1) is 5.92 Å². The van der Waals surface area contributed by atoms with Crippen LogP contribution in [0.25, 0.3) is 10.9 Å². The summed E-state index contributed by atoms with van der Waals surface area (Å²) in [5, 5.41) is 0.607. The van der Waals surface area contributed by atoms with E-state index < -0.39 is 0 Å². The molecule has 0 saturated carbocycles. The van der Waals surface area contributed by atoms with Gasteiger partial charge >= 0.3 is 0 Å². The number of benzene rings is 2. The summed E-state index contributed by atoms with van der Waals surface area (Å²) in [5.41, 5.74) is 2.48. The molecule has 164 valence electrons. The number of carbonyl (C=O) groups is 1. The van der Waals surface area contributed by atoms with Crippen LogP contribution in [0.4, 0.5) is 0 Å². The van der Waals surface area contributed by atoms with Gasteiger partial charge in [0.25, 0.3) is 11.5 Å². The van der Waals surface area contributed by atoms with Gasteiger partial charge in [-0.05, 0) is 62.4 Å². The van der Waals surface area contributed by atoms with Crippen molar-refractivity contribution in [3.05, 3.63) is 75.8 Å². The van der Waals surface area contributed by atoms with E-state index in [1.165, 1.54) is 5.56 Å². The number of fused-ring (bicyclic) bond motifs is 1. The highest BCUT2D eigenvalue weighted by Crippen LogP contribution is 2.24. The van der Waals surface area contributed by atoms with Gasteiger partial charge in [0.2, 0.25) is 0 Å². The van der Waals surface area contributed by atoms with Crippen LogP contribution in [0.2, 0.25) is 0 Å². The van der Waals surface area contributed by atoms with Crippen LogP contribution in [0.5, 0.6) is 0 Å². The Morgan fingerprint density at radius 2 is 1.71 bits per heavy atom. The van der Waals surface area contributed by atoms with E-state index in [9.17, 15) is 9.59 Å². The second-order valence-corrected chi connectivity index (χ2v) is 8.44. The van der Waals surface area contributed by atoms with Crippen LogP contribution in [0.15, 0.2) is 53.3 Å². The number of amides is 1. The van der Waals surface area contributed by atoms with Crippen molar-refractivity contribution in [3.63, 3.8) is 0 Å². The highest BCUT2D eigenvalue weighted by molar-refractivity contribution is 5.94. The quantitative estimate of drug-likeness (QED) is 0.502. The maximum atomic E-state index is 13.5. The molecule has 0 saturated heterocycles. The summed E-state index contributed by atoms with van der Waals surface area (Å²) in [4.78, 5) is 33.3. The number of aryl methyl sites for hydroxylation is 1. The Hall–Kier alpha value is -2.95. The molecule has 5 nitrogen and oxygen atoms in total. The second kappa shape index (κ2) is 9.90. The fraction of sp³-hybridized carbons (Fsp3) is 0.423. The monoisotopic (exact) mass is 419 g/mol. The molecule has 1 aromatic heterocycles. The zero-order valence-corrected chi connectivity index (χ0v) is 19.3. The lowest BCUT2D eigenvalue weighted by molar-refractivity contribution is 0.0669. The lowest BCUT2D eigenvalue weighted by Gasteiger charge is -2.31. The number of hydrogen-bond acceptors (Lipinski definition) is 3. The predicted octanol–water partition coefficient (Wildman–Crippen LogP) is 5.23. The van der Waals surface area contributed by atoms with Crippen LogP contribution in [-0.2, 0) is 13.0 Å². The molecule has 0 aliphatic carbocycles. The van der Waals surface area contributed by atoms with Gasteiger partial charge in [0.15, 0.2) is 0 Å². The van der Waals surface area contributed by atoms with Crippen LogP contribution in [0.1, 0.15) is 68.8 Å². The largest absolute Gasteiger partial charge is 0.329 e. The maximum Gasteiger partial charge on any atom is 0.261 e.